The number of nitrogens with zero attached hydrogens (tertiary/aromatic N) is 1. The van der Waals surface area contributed by atoms with Crippen molar-refractivity contribution in [3.05, 3.63) is 45.9 Å². The number of amides is 3. The molecule has 0 saturated heterocycles. The van der Waals surface area contributed by atoms with E-state index < -0.39 is 0 Å². The minimum atomic E-state index is -0.206. The Morgan fingerprint density at radius 1 is 1.31 bits per heavy atom. The lowest BCUT2D eigenvalue weighted by molar-refractivity contribution is 0.0935. The van der Waals surface area contributed by atoms with Gasteiger partial charge in [0.2, 0.25) is 0 Å². The number of rotatable bonds is 7. The molecular formula is C18H23N5O2S. The third-order valence-electron chi connectivity index (χ3n) is 4.07. The van der Waals surface area contributed by atoms with Crippen LogP contribution in [0.1, 0.15) is 46.9 Å². The van der Waals surface area contributed by atoms with Gasteiger partial charge in [-0.2, -0.15) is 0 Å². The number of carbonyl (C=O) groups excluding carboxylic acids is 2. The Morgan fingerprint density at radius 2 is 2.04 bits per heavy atom. The molecule has 1 aromatic heterocycles. The monoisotopic (exact) mass is 373 g/mol. The molecule has 1 heterocycles. The third kappa shape index (κ3) is 5.03. The maximum atomic E-state index is 12.3. The van der Waals surface area contributed by atoms with E-state index in [4.69, 9.17) is 5.73 Å². The molecule has 138 valence electrons. The molecule has 1 aliphatic rings. The molecule has 8 heteroatoms. The SMILES string of the molecule is CC(NC(=O)c1csc(CCN)n1)c1ccc(NC(=O)NC2CC2)cc1. The van der Waals surface area contributed by atoms with Crippen LogP contribution >= 0.6 is 11.3 Å². The van der Waals surface area contributed by atoms with Crippen LogP contribution < -0.4 is 21.7 Å². The van der Waals surface area contributed by atoms with Crippen molar-refractivity contribution in [1.29, 1.82) is 0 Å². The summed E-state index contributed by atoms with van der Waals surface area (Å²) in [5.74, 6) is -0.206. The van der Waals surface area contributed by atoms with Gasteiger partial charge in [0.25, 0.3) is 5.91 Å². The van der Waals surface area contributed by atoms with E-state index in [0.29, 0.717) is 24.7 Å². The molecular weight excluding hydrogens is 350 g/mol. The zero-order valence-corrected chi connectivity index (χ0v) is 15.4. The Hall–Kier alpha value is -2.45. The second-order valence-corrected chi connectivity index (χ2v) is 7.30. The first-order valence-corrected chi connectivity index (χ1v) is 9.56. The topological polar surface area (TPSA) is 109 Å². The third-order valence-corrected chi connectivity index (χ3v) is 4.98. The van der Waals surface area contributed by atoms with Crippen LogP contribution in [0.3, 0.4) is 0 Å². The van der Waals surface area contributed by atoms with E-state index in [0.717, 1.165) is 29.1 Å². The predicted octanol–water partition coefficient (Wildman–Crippen LogP) is 2.42. The van der Waals surface area contributed by atoms with Gasteiger partial charge in [-0.1, -0.05) is 12.1 Å². The normalized spacial score (nSPS) is 14.5. The van der Waals surface area contributed by atoms with Gasteiger partial charge in [-0.05, 0) is 44.0 Å². The van der Waals surface area contributed by atoms with Crippen LogP contribution in [0.5, 0.6) is 0 Å². The number of thiazole rings is 1. The van der Waals surface area contributed by atoms with E-state index in [2.05, 4.69) is 20.9 Å². The summed E-state index contributed by atoms with van der Waals surface area (Å²) in [7, 11) is 0. The fraction of sp³-hybridized carbons (Fsp3) is 0.389. The summed E-state index contributed by atoms with van der Waals surface area (Å²) in [5, 5.41) is 11.2. The summed E-state index contributed by atoms with van der Waals surface area (Å²) < 4.78 is 0. The first kappa shape index (κ1) is 18.3. The maximum Gasteiger partial charge on any atom is 0.319 e. The number of carbonyl (C=O) groups is 2. The molecule has 5 N–H and O–H groups in total. The van der Waals surface area contributed by atoms with Crippen LogP contribution in [0.15, 0.2) is 29.6 Å². The highest BCUT2D eigenvalue weighted by Gasteiger charge is 2.23. The summed E-state index contributed by atoms with van der Waals surface area (Å²) in [4.78, 5) is 28.3. The summed E-state index contributed by atoms with van der Waals surface area (Å²) in [6.07, 6.45) is 2.78. The van der Waals surface area contributed by atoms with Crippen LogP contribution in [-0.2, 0) is 6.42 Å². The Morgan fingerprint density at radius 3 is 2.69 bits per heavy atom. The van der Waals surface area contributed by atoms with Gasteiger partial charge in [0.15, 0.2) is 0 Å². The Kier molecular flexibility index (Phi) is 5.85. The van der Waals surface area contributed by atoms with Gasteiger partial charge in [0.1, 0.15) is 5.69 Å². The minimum Gasteiger partial charge on any atom is -0.344 e. The first-order chi connectivity index (χ1) is 12.5. The largest absolute Gasteiger partial charge is 0.344 e. The molecule has 3 amide bonds. The number of benzene rings is 1. The van der Waals surface area contributed by atoms with Gasteiger partial charge >= 0.3 is 6.03 Å². The average Bonchev–Trinajstić information content (AvgIpc) is 3.30. The van der Waals surface area contributed by atoms with E-state index in [9.17, 15) is 9.59 Å². The molecule has 1 aliphatic carbocycles. The van der Waals surface area contributed by atoms with Crippen molar-refractivity contribution >= 4 is 29.0 Å². The lowest BCUT2D eigenvalue weighted by Gasteiger charge is -2.14. The van der Waals surface area contributed by atoms with Crippen LogP contribution in [0.4, 0.5) is 10.5 Å². The van der Waals surface area contributed by atoms with E-state index in [1.165, 1.54) is 11.3 Å². The molecule has 1 aromatic carbocycles. The van der Waals surface area contributed by atoms with Crippen molar-refractivity contribution in [3.8, 4) is 0 Å². The number of hydrogen-bond acceptors (Lipinski definition) is 5. The molecule has 1 fully saturated rings. The molecule has 1 unspecified atom stereocenters. The molecule has 2 aromatic rings. The number of aromatic nitrogens is 1. The summed E-state index contributed by atoms with van der Waals surface area (Å²) >= 11 is 1.44. The Bertz CT molecular complexity index is 770. The standard InChI is InChI=1S/C18H23N5O2S/c1-11(20-17(24)15-10-26-16(23-15)8-9-19)12-2-4-13(5-3-12)21-18(25)22-14-6-7-14/h2-5,10-11,14H,6-9,19H2,1H3,(H,20,24)(H2,21,22,25). The van der Waals surface area contributed by atoms with E-state index in [1.54, 1.807) is 5.38 Å². The number of nitrogens with two attached hydrogens (primary N) is 1. The van der Waals surface area contributed by atoms with Gasteiger partial charge in [0, 0.05) is 23.5 Å². The average molecular weight is 373 g/mol. The Labute approximate surface area is 156 Å². The van der Waals surface area contributed by atoms with Gasteiger partial charge in [-0.25, -0.2) is 9.78 Å². The Balaban J connectivity index is 1.53. The first-order valence-electron chi connectivity index (χ1n) is 8.68. The summed E-state index contributed by atoms with van der Waals surface area (Å²) in [6.45, 7) is 2.43. The molecule has 26 heavy (non-hydrogen) atoms. The number of urea groups is 1. The van der Waals surface area contributed by atoms with Crippen LogP contribution in [0.25, 0.3) is 0 Å². The molecule has 7 nitrogen and oxygen atoms in total. The molecule has 0 radical (unpaired) electrons. The van der Waals surface area contributed by atoms with E-state index >= 15 is 0 Å². The second kappa shape index (κ2) is 8.29. The highest BCUT2D eigenvalue weighted by molar-refractivity contribution is 7.09. The fourth-order valence-electron chi connectivity index (χ4n) is 2.44. The van der Waals surface area contributed by atoms with Gasteiger partial charge in [-0.15, -0.1) is 11.3 Å². The van der Waals surface area contributed by atoms with E-state index in [1.807, 2.05) is 31.2 Å². The quantitative estimate of drug-likeness (QED) is 0.597. The van der Waals surface area contributed by atoms with Crippen LogP contribution in [0.2, 0.25) is 0 Å². The zero-order chi connectivity index (χ0) is 18.5. The minimum absolute atomic E-state index is 0.170. The number of nitrogens with one attached hydrogen (secondary N) is 3. The molecule has 0 spiro atoms. The van der Waals surface area contributed by atoms with Crippen molar-refractivity contribution in [3.63, 3.8) is 0 Å². The second-order valence-electron chi connectivity index (χ2n) is 6.36. The number of anilines is 1. The van der Waals surface area contributed by atoms with Crippen molar-refractivity contribution in [2.24, 2.45) is 5.73 Å². The van der Waals surface area contributed by atoms with Gasteiger partial charge in [0.05, 0.1) is 11.0 Å². The molecule has 3 rings (SSSR count). The van der Waals surface area contributed by atoms with Crippen molar-refractivity contribution in [1.82, 2.24) is 15.6 Å². The fourth-order valence-corrected chi connectivity index (χ4v) is 3.24. The van der Waals surface area contributed by atoms with Crippen molar-refractivity contribution in [2.75, 3.05) is 11.9 Å². The smallest absolute Gasteiger partial charge is 0.319 e. The van der Waals surface area contributed by atoms with Crippen molar-refractivity contribution in [2.45, 2.75) is 38.3 Å². The highest BCUT2D eigenvalue weighted by atomic mass is 32.1. The lowest BCUT2D eigenvalue weighted by Crippen LogP contribution is -2.30. The van der Waals surface area contributed by atoms with Crippen LogP contribution in [-0.4, -0.2) is 29.5 Å². The molecule has 1 saturated carbocycles. The molecule has 0 bridgehead atoms. The zero-order valence-electron chi connectivity index (χ0n) is 14.6. The molecule has 0 aliphatic heterocycles. The highest BCUT2D eigenvalue weighted by Crippen LogP contribution is 2.20. The maximum absolute atomic E-state index is 12.3. The lowest BCUT2D eigenvalue weighted by atomic mass is 10.1. The van der Waals surface area contributed by atoms with Gasteiger partial charge in [-0.3, -0.25) is 4.79 Å². The summed E-state index contributed by atoms with van der Waals surface area (Å²) in [5.41, 5.74) is 7.59. The van der Waals surface area contributed by atoms with Crippen LogP contribution in [0, 0.1) is 0 Å². The summed E-state index contributed by atoms with van der Waals surface area (Å²) in [6, 6.07) is 7.40. The van der Waals surface area contributed by atoms with Gasteiger partial charge < -0.3 is 21.7 Å². The van der Waals surface area contributed by atoms with E-state index in [-0.39, 0.29) is 18.0 Å². The predicted molar refractivity (Wildman–Crippen MR) is 102 cm³/mol. The molecule has 1 atom stereocenters. The number of hydrogen-bond donors (Lipinski definition) is 4. The van der Waals surface area contributed by atoms with Crippen molar-refractivity contribution < 1.29 is 9.59 Å².